The standard InChI is InChI=1S/C22H40N4O4/c1-3-7-15(8-4-2)18(23)22(30)26-12-6-11-17(26)21(29)25-16(19(27)20(24)28)13-14-9-5-10-14/h14-19,27H,3-13,23H2,1-2H3,(H2,24,28)(H,25,29)/t16?,17?,18-,19?/m0/s1. The van der Waals surface area contributed by atoms with Gasteiger partial charge in [-0.05, 0) is 43.9 Å². The van der Waals surface area contributed by atoms with E-state index in [-0.39, 0.29) is 17.7 Å². The van der Waals surface area contributed by atoms with Crippen molar-refractivity contribution in [1.82, 2.24) is 10.2 Å². The van der Waals surface area contributed by atoms with Crippen LogP contribution >= 0.6 is 0 Å². The number of nitrogens with one attached hydrogen (secondary N) is 1. The van der Waals surface area contributed by atoms with Crippen molar-refractivity contribution in [1.29, 1.82) is 0 Å². The minimum Gasteiger partial charge on any atom is -0.381 e. The molecule has 30 heavy (non-hydrogen) atoms. The van der Waals surface area contributed by atoms with E-state index in [9.17, 15) is 19.5 Å². The second kappa shape index (κ2) is 11.6. The second-order valence-electron chi connectivity index (χ2n) is 9.05. The van der Waals surface area contributed by atoms with Crippen molar-refractivity contribution < 1.29 is 19.5 Å². The van der Waals surface area contributed by atoms with E-state index in [0.717, 1.165) is 51.4 Å². The van der Waals surface area contributed by atoms with Crippen LogP contribution in [0, 0.1) is 11.8 Å². The predicted molar refractivity (Wildman–Crippen MR) is 115 cm³/mol. The van der Waals surface area contributed by atoms with Crippen molar-refractivity contribution in [3.63, 3.8) is 0 Å². The van der Waals surface area contributed by atoms with E-state index < -0.39 is 30.1 Å². The molecule has 4 atom stereocenters. The molecule has 0 bridgehead atoms. The SMILES string of the molecule is CCCC(CCC)[C@H](N)C(=O)N1CCCC1C(=O)NC(CC1CCC1)C(O)C(N)=O. The van der Waals surface area contributed by atoms with Crippen molar-refractivity contribution in [2.45, 2.75) is 102 Å². The van der Waals surface area contributed by atoms with Crippen LogP contribution < -0.4 is 16.8 Å². The van der Waals surface area contributed by atoms with Crippen molar-refractivity contribution in [2.24, 2.45) is 23.3 Å². The Morgan fingerprint density at radius 3 is 2.23 bits per heavy atom. The molecule has 0 spiro atoms. The summed E-state index contributed by atoms with van der Waals surface area (Å²) in [5, 5.41) is 13.0. The summed E-state index contributed by atoms with van der Waals surface area (Å²) in [7, 11) is 0. The smallest absolute Gasteiger partial charge is 0.248 e. The van der Waals surface area contributed by atoms with Crippen LogP contribution in [0.2, 0.25) is 0 Å². The highest BCUT2D eigenvalue weighted by Gasteiger charge is 2.40. The van der Waals surface area contributed by atoms with Crippen LogP contribution in [0.1, 0.15) is 78.1 Å². The van der Waals surface area contributed by atoms with Gasteiger partial charge in [0.25, 0.3) is 0 Å². The molecule has 1 heterocycles. The van der Waals surface area contributed by atoms with E-state index >= 15 is 0 Å². The first-order valence-electron chi connectivity index (χ1n) is 11.6. The molecule has 2 rings (SSSR count). The van der Waals surface area contributed by atoms with Crippen LogP contribution in [0.3, 0.4) is 0 Å². The normalized spacial score (nSPS) is 22.4. The van der Waals surface area contributed by atoms with Gasteiger partial charge in [-0.1, -0.05) is 46.0 Å². The topological polar surface area (TPSA) is 139 Å². The maximum Gasteiger partial charge on any atom is 0.248 e. The van der Waals surface area contributed by atoms with Crippen molar-refractivity contribution >= 4 is 17.7 Å². The van der Waals surface area contributed by atoms with Gasteiger partial charge >= 0.3 is 0 Å². The Kier molecular flexibility index (Phi) is 9.55. The number of hydrogen-bond donors (Lipinski definition) is 4. The molecule has 3 amide bonds. The van der Waals surface area contributed by atoms with Crippen LogP contribution in [0.4, 0.5) is 0 Å². The number of nitrogens with two attached hydrogens (primary N) is 2. The number of primary amides is 1. The zero-order valence-corrected chi connectivity index (χ0v) is 18.5. The minimum absolute atomic E-state index is 0.111. The van der Waals surface area contributed by atoms with Crippen LogP contribution in [0.25, 0.3) is 0 Å². The van der Waals surface area contributed by atoms with E-state index in [1.165, 1.54) is 0 Å². The molecule has 0 radical (unpaired) electrons. The Hall–Kier alpha value is -1.67. The first-order valence-corrected chi connectivity index (χ1v) is 11.6. The maximum atomic E-state index is 13.1. The van der Waals surface area contributed by atoms with Crippen LogP contribution in [0.15, 0.2) is 0 Å². The number of aliphatic hydroxyl groups is 1. The van der Waals surface area contributed by atoms with Gasteiger partial charge < -0.3 is 26.8 Å². The van der Waals surface area contributed by atoms with E-state index in [4.69, 9.17) is 11.5 Å². The Bertz CT molecular complexity index is 590. The molecule has 6 N–H and O–H groups in total. The minimum atomic E-state index is -1.43. The summed E-state index contributed by atoms with van der Waals surface area (Å²) in [4.78, 5) is 39.3. The molecule has 1 aliphatic carbocycles. The summed E-state index contributed by atoms with van der Waals surface area (Å²) >= 11 is 0. The molecule has 2 aliphatic rings. The predicted octanol–water partition coefficient (Wildman–Crippen LogP) is 1.04. The van der Waals surface area contributed by atoms with Crippen molar-refractivity contribution in [3.8, 4) is 0 Å². The highest BCUT2D eigenvalue weighted by atomic mass is 16.3. The number of hydrogen-bond acceptors (Lipinski definition) is 5. The second-order valence-corrected chi connectivity index (χ2v) is 9.05. The number of rotatable bonds is 12. The summed E-state index contributed by atoms with van der Waals surface area (Å²) in [5.74, 6) is -0.864. The zero-order chi connectivity index (χ0) is 22.3. The monoisotopic (exact) mass is 424 g/mol. The van der Waals surface area contributed by atoms with E-state index in [1.54, 1.807) is 4.90 Å². The molecule has 0 aromatic rings. The number of carbonyl (C=O) groups excluding carboxylic acids is 3. The third-order valence-electron chi connectivity index (χ3n) is 6.76. The van der Waals surface area contributed by atoms with Gasteiger partial charge in [0.2, 0.25) is 17.7 Å². The summed E-state index contributed by atoms with van der Waals surface area (Å²) in [5.41, 5.74) is 11.6. The quantitative estimate of drug-likeness (QED) is 0.371. The molecular weight excluding hydrogens is 384 g/mol. The molecule has 8 nitrogen and oxygen atoms in total. The molecule has 8 heteroatoms. The molecule has 0 aromatic carbocycles. The van der Waals surface area contributed by atoms with Crippen molar-refractivity contribution in [2.75, 3.05) is 6.54 Å². The van der Waals surface area contributed by atoms with Gasteiger partial charge in [0.05, 0.1) is 12.1 Å². The molecule has 3 unspecified atom stereocenters. The first-order chi connectivity index (χ1) is 14.3. The van der Waals surface area contributed by atoms with Gasteiger partial charge in [0.1, 0.15) is 6.04 Å². The van der Waals surface area contributed by atoms with Gasteiger partial charge in [-0.2, -0.15) is 0 Å². The fourth-order valence-electron chi connectivity index (χ4n) is 4.77. The van der Waals surface area contributed by atoms with Crippen molar-refractivity contribution in [3.05, 3.63) is 0 Å². The van der Waals surface area contributed by atoms with E-state index in [0.29, 0.717) is 25.3 Å². The molecule has 1 saturated heterocycles. The lowest BCUT2D eigenvalue weighted by molar-refractivity contribution is -0.141. The third kappa shape index (κ3) is 6.17. The summed E-state index contributed by atoms with van der Waals surface area (Å²) in [6, 6.07) is -1.95. The number of nitrogens with zero attached hydrogens (tertiary/aromatic N) is 1. The Labute approximate surface area is 180 Å². The Morgan fingerprint density at radius 1 is 1.10 bits per heavy atom. The fraction of sp³-hybridized carbons (Fsp3) is 0.864. The summed E-state index contributed by atoms with van der Waals surface area (Å²) in [6.07, 6.45) is 7.25. The highest BCUT2D eigenvalue weighted by Crippen LogP contribution is 2.31. The average molecular weight is 425 g/mol. The van der Waals surface area contributed by atoms with Crippen LogP contribution in [0.5, 0.6) is 0 Å². The Morgan fingerprint density at radius 2 is 1.73 bits per heavy atom. The molecule has 0 aromatic heterocycles. The van der Waals surface area contributed by atoms with Gasteiger partial charge in [0.15, 0.2) is 6.10 Å². The fourth-order valence-corrected chi connectivity index (χ4v) is 4.77. The van der Waals surface area contributed by atoms with Gasteiger partial charge in [-0.15, -0.1) is 0 Å². The van der Waals surface area contributed by atoms with Gasteiger partial charge in [-0.25, -0.2) is 0 Å². The largest absolute Gasteiger partial charge is 0.381 e. The van der Waals surface area contributed by atoms with Gasteiger partial charge in [-0.3, -0.25) is 14.4 Å². The molecule has 2 fully saturated rings. The number of amides is 3. The third-order valence-corrected chi connectivity index (χ3v) is 6.76. The van der Waals surface area contributed by atoms with Crippen LogP contribution in [-0.2, 0) is 14.4 Å². The molecular formula is C22H40N4O4. The number of likely N-dealkylation sites (tertiary alicyclic amines) is 1. The van der Waals surface area contributed by atoms with Gasteiger partial charge in [0, 0.05) is 6.54 Å². The lowest BCUT2D eigenvalue weighted by Crippen LogP contribution is -2.57. The average Bonchev–Trinajstić information content (AvgIpc) is 3.17. The highest BCUT2D eigenvalue weighted by molar-refractivity contribution is 5.91. The first kappa shape index (κ1) is 24.6. The zero-order valence-electron chi connectivity index (χ0n) is 18.5. The summed E-state index contributed by atoms with van der Waals surface area (Å²) < 4.78 is 0. The van der Waals surface area contributed by atoms with E-state index in [2.05, 4.69) is 19.2 Å². The maximum absolute atomic E-state index is 13.1. The lowest BCUT2D eigenvalue weighted by Gasteiger charge is -2.34. The summed E-state index contributed by atoms with van der Waals surface area (Å²) in [6.45, 7) is 4.66. The molecule has 1 aliphatic heterocycles. The number of carbonyl (C=O) groups is 3. The molecule has 1 saturated carbocycles. The number of aliphatic hydroxyl groups excluding tert-OH is 1. The lowest BCUT2D eigenvalue weighted by atomic mass is 9.79. The molecule has 172 valence electrons. The van der Waals surface area contributed by atoms with E-state index in [1.807, 2.05) is 0 Å². The Balaban J connectivity index is 2.05. The van der Waals surface area contributed by atoms with Crippen LogP contribution in [-0.4, -0.2) is 58.5 Å².